The van der Waals surface area contributed by atoms with Crippen molar-refractivity contribution < 1.29 is 27.9 Å². The Morgan fingerprint density at radius 2 is 1.83 bits per heavy atom. The number of hydrogen-bond acceptors (Lipinski definition) is 5. The number of rotatable bonds is 7. The minimum absolute atomic E-state index is 0.0318. The van der Waals surface area contributed by atoms with Crippen LogP contribution in [0.4, 0.5) is 24.5 Å². The molecule has 0 radical (unpaired) electrons. The maximum Gasteiger partial charge on any atom is 0.417 e. The summed E-state index contributed by atoms with van der Waals surface area (Å²) in [6.45, 7) is 0.0636. The van der Waals surface area contributed by atoms with Gasteiger partial charge in [0.25, 0.3) is 5.91 Å². The third-order valence-corrected chi connectivity index (χ3v) is 6.91. The van der Waals surface area contributed by atoms with E-state index < -0.39 is 22.8 Å². The van der Waals surface area contributed by atoms with Crippen LogP contribution < -0.4 is 15.1 Å². The molecule has 11 heteroatoms. The van der Waals surface area contributed by atoms with Gasteiger partial charge in [0, 0.05) is 18.7 Å². The van der Waals surface area contributed by atoms with E-state index in [0.29, 0.717) is 24.9 Å². The standard InChI is InChI=1S/C25H23F3N4O3S/c26-25(27,28)20-14-19(8-5-17(20)15-29)31-22(35)24(10-1-11-24)32(23(31)36)18-6-2-16(3-7-18)4-9-21(34)30-12-13-33/h2-3,5-8,14,33H,1,4,9-13H2,(H,30,34). The normalized spacial score (nSPS) is 16.8. The number of carbonyl (C=O) groups is 2. The summed E-state index contributed by atoms with van der Waals surface area (Å²) in [4.78, 5) is 28.2. The quantitative estimate of drug-likeness (QED) is 0.545. The Balaban J connectivity index is 1.61. The maximum absolute atomic E-state index is 13.5. The fourth-order valence-electron chi connectivity index (χ4n) is 4.56. The zero-order valence-electron chi connectivity index (χ0n) is 19.1. The molecule has 0 bridgehead atoms. The molecular weight excluding hydrogens is 493 g/mol. The predicted molar refractivity (Wildman–Crippen MR) is 130 cm³/mol. The van der Waals surface area contributed by atoms with Crippen LogP contribution in [0.3, 0.4) is 0 Å². The molecule has 36 heavy (non-hydrogen) atoms. The molecule has 2 aromatic carbocycles. The third kappa shape index (κ3) is 4.54. The van der Waals surface area contributed by atoms with Gasteiger partial charge in [-0.3, -0.25) is 14.5 Å². The van der Waals surface area contributed by atoms with Gasteiger partial charge in [-0.05, 0) is 73.8 Å². The number of nitriles is 1. The van der Waals surface area contributed by atoms with Gasteiger partial charge >= 0.3 is 6.18 Å². The number of aliphatic hydroxyl groups is 1. The Hall–Kier alpha value is -3.49. The van der Waals surface area contributed by atoms with E-state index in [1.54, 1.807) is 23.1 Å². The minimum Gasteiger partial charge on any atom is -0.395 e. The average molecular weight is 517 g/mol. The van der Waals surface area contributed by atoms with Crippen molar-refractivity contribution in [2.45, 2.75) is 43.8 Å². The molecule has 2 N–H and O–H groups in total. The molecule has 1 aliphatic carbocycles. The lowest BCUT2D eigenvalue weighted by molar-refractivity contribution is -0.137. The molecule has 1 heterocycles. The Kier molecular flexibility index (Phi) is 7.02. The van der Waals surface area contributed by atoms with Crippen LogP contribution in [0, 0.1) is 11.3 Å². The topological polar surface area (TPSA) is 96.7 Å². The van der Waals surface area contributed by atoms with E-state index in [4.69, 9.17) is 22.6 Å². The Morgan fingerprint density at radius 3 is 2.39 bits per heavy atom. The number of nitrogens with zero attached hydrogens (tertiary/aromatic N) is 3. The van der Waals surface area contributed by atoms with Gasteiger partial charge in [0.15, 0.2) is 5.11 Å². The van der Waals surface area contributed by atoms with Gasteiger partial charge in [-0.25, -0.2) is 0 Å². The van der Waals surface area contributed by atoms with Gasteiger partial charge in [-0.1, -0.05) is 12.1 Å². The summed E-state index contributed by atoms with van der Waals surface area (Å²) >= 11 is 5.62. The molecule has 1 saturated heterocycles. The lowest BCUT2D eigenvalue weighted by Gasteiger charge is -2.43. The van der Waals surface area contributed by atoms with E-state index in [1.807, 2.05) is 12.1 Å². The number of carbonyl (C=O) groups excluding carboxylic acids is 2. The Labute approximate surface area is 211 Å². The molecule has 2 aliphatic rings. The number of alkyl halides is 3. The van der Waals surface area contributed by atoms with Crippen molar-refractivity contribution in [3.63, 3.8) is 0 Å². The van der Waals surface area contributed by atoms with Gasteiger partial charge in [0.1, 0.15) is 5.54 Å². The first kappa shape index (κ1) is 25.6. The van der Waals surface area contributed by atoms with Crippen LogP contribution in [0.5, 0.6) is 0 Å². The molecule has 4 rings (SSSR count). The van der Waals surface area contributed by atoms with Crippen LogP contribution in [0.15, 0.2) is 42.5 Å². The summed E-state index contributed by atoms with van der Waals surface area (Å²) in [5.74, 6) is -0.564. The highest BCUT2D eigenvalue weighted by molar-refractivity contribution is 7.81. The molecule has 188 valence electrons. The zero-order valence-corrected chi connectivity index (χ0v) is 20.0. The van der Waals surface area contributed by atoms with E-state index >= 15 is 0 Å². The summed E-state index contributed by atoms with van der Waals surface area (Å²) in [5, 5.41) is 20.5. The van der Waals surface area contributed by atoms with Crippen LogP contribution in [0.1, 0.15) is 42.4 Å². The highest BCUT2D eigenvalue weighted by Crippen LogP contribution is 2.48. The lowest BCUT2D eigenvalue weighted by Crippen LogP contribution is -2.55. The molecule has 2 fully saturated rings. The fraction of sp³-hybridized carbons (Fsp3) is 0.360. The van der Waals surface area contributed by atoms with Crippen molar-refractivity contribution in [3.8, 4) is 6.07 Å². The fourth-order valence-corrected chi connectivity index (χ4v) is 5.03. The largest absolute Gasteiger partial charge is 0.417 e. The molecule has 0 aromatic heterocycles. The Bertz CT molecular complexity index is 1240. The highest BCUT2D eigenvalue weighted by atomic mass is 32.1. The van der Waals surface area contributed by atoms with Crippen molar-refractivity contribution in [1.82, 2.24) is 5.32 Å². The summed E-state index contributed by atoms with van der Waals surface area (Å²) in [5.41, 5.74) is -1.12. The van der Waals surface area contributed by atoms with Crippen LogP contribution in [0.2, 0.25) is 0 Å². The first-order valence-electron chi connectivity index (χ1n) is 11.4. The summed E-state index contributed by atoms with van der Waals surface area (Å²) in [6.07, 6.45) is -2.23. The van der Waals surface area contributed by atoms with E-state index in [1.165, 1.54) is 6.07 Å². The molecule has 2 aromatic rings. The number of aliphatic hydroxyl groups excluding tert-OH is 1. The number of hydrogen-bond donors (Lipinski definition) is 2. The molecule has 7 nitrogen and oxygen atoms in total. The number of anilines is 2. The number of halogens is 3. The Morgan fingerprint density at radius 1 is 1.17 bits per heavy atom. The second kappa shape index (κ2) is 9.87. The van der Waals surface area contributed by atoms with Gasteiger partial charge in [-0.15, -0.1) is 0 Å². The number of nitrogens with one attached hydrogen (secondary N) is 1. The first-order chi connectivity index (χ1) is 17.1. The molecule has 0 atom stereocenters. The van der Waals surface area contributed by atoms with Gasteiger partial charge in [0.2, 0.25) is 5.91 Å². The molecular formula is C25H23F3N4O3S. The smallest absolute Gasteiger partial charge is 0.395 e. The van der Waals surface area contributed by atoms with Gasteiger partial charge in [-0.2, -0.15) is 18.4 Å². The van der Waals surface area contributed by atoms with E-state index in [2.05, 4.69) is 5.32 Å². The van der Waals surface area contributed by atoms with Crippen LogP contribution in [-0.2, 0) is 22.2 Å². The number of benzene rings is 2. The van der Waals surface area contributed by atoms with E-state index in [9.17, 15) is 22.8 Å². The lowest BCUT2D eigenvalue weighted by atomic mass is 9.75. The van der Waals surface area contributed by atoms with Crippen LogP contribution in [0.25, 0.3) is 0 Å². The van der Waals surface area contributed by atoms with Crippen LogP contribution >= 0.6 is 12.2 Å². The SMILES string of the molecule is N#Cc1ccc(N2C(=O)C3(CCC3)N(c3ccc(CCC(=O)NCCO)cc3)C2=S)cc1C(F)(F)F. The predicted octanol–water partition coefficient (Wildman–Crippen LogP) is 3.68. The number of amides is 2. The molecule has 1 saturated carbocycles. The van der Waals surface area contributed by atoms with Crippen molar-refractivity contribution in [2.24, 2.45) is 0 Å². The summed E-state index contributed by atoms with van der Waals surface area (Å²) in [6, 6.07) is 11.9. The molecule has 0 unspecified atom stereocenters. The highest BCUT2D eigenvalue weighted by Gasteiger charge is 2.59. The monoisotopic (exact) mass is 516 g/mol. The maximum atomic E-state index is 13.5. The number of aryl methyl sites for hydroxylation is 1. The molecule has 1 aliphatic heterocycles. The summed E-state index contributed by atoms with van der Waals surface area (Å²) < 4.78 is 40.6. The first-order valence-corrected chi connectivity index (χ1v) is 11.8. The molecule has 2 amide bonds. The van der Waals surface area contributed by atoms with Gasteiger partial charge < -0.3 is 15.3 Å². The van der Waals surface area contributed by atoms with Crippen molar-refractivity contribution >= 4 is 40.5 Å². The van der Waals surface area contributed by atoms with Crippen molar-refractivity contribution in [1.29, 1.82) is 5.26 Å². The van der Waals surface area contributed by atoms with Gasteiger partial charge in [0.05, 0.1) is 29.5 Å². The second-order valence-electron chi connectivity index (χ2n) is 8.72. The number of thiocarbonyl (C=S) groups is 1. The minimum atomic E-state index is -4.76. The van der Waals surface area contributed by atoms with Crippen LogP contribution in [-0.4, -0.2) is 40.7 Å². The van der Waals surface area contributed by atoms with Crippen molar-refractivity contribution in [3.05, 3.63) is 59.2 Å². The van der Waals surface area contributed by atoms with E-state index in [0.717, 1.165) is 29.0 Å². The average Bonchev–Trinajstić information content (AvgIpc) is 3.07. The summed E-state index contributed by atoms with van der Waals surface area (Å²) in [7, 11) is 0. The second-order valence-corrected chi connectivity index (χ2v) is 9.09. The van der Waals surface area contributed by atoms with Crippen molar-refractivity contribution in [2.75, 3.05) is 23.0 Å². The third-order valence-electron chi connectivity index (χ3n) is 6.55. The molecule has 1 spiro atoms. The van der Waals surface area contributed by atoms with E-state index in [-0.39, 0.29) is 42.2 Å². The zero-order chi connectivity index (χ0) is 26.1.